The van der Waals surface area contributed by atoms with Gasteiger partial charge in [-0.3, -0.25) is 0 Å². The summed E-state index contributed by atoms with van der Waals surface area (Å²) in [7, 11) is 0. The van der Waals surface area contributed by atoms with Gasteiger partial charge in [-0.05, 0) is 36.4 Å². The van der Waals surface area contributed by atoms with Crippen LogP contribution in [0.4, 0.5) is 0 Å². The maximum Gasteiger partial charge on any atom is 0.338 e. The van der Waals surface area contributed by atoms with E-state index in [1.807, 2.05) is 30.3 Å². The number of carboxylic acids is 1. The van der Waals surface area contributed by atoms with Crippen molar-refractivity contribution in [3.63, 3.8) is 0 Å². The Bertz CT molecular complexity index is 1240. The Kier molecular flexibility index (Phi) is 9.31. The van der Waals surface area contributed by atoms with Crippen molar-refractivity contribution in [2.45, 2.75) is 34.7 Å². The quantitative estimate of drug-likeness (QED) is 0.295. The maximum absolute atomic E-state index is 13.1. The molecule has 38 heavy (non-hydrogen) atoms. The Morgan fingerprint density at radius 2 is 1.29 bits per heavy atom. The minimum atomic E-state index is -1.64. The van der Waals surface area contributed by atoms with Gasteiger partial charge in [0.2, 0.25) is 0 Å². The van der Waals surface area contributed by atoms with Crippen LogP contribution in [-0.2, 0) is 23.7 Å². The SMILES string of the molecule is C=CCO[C@H]1C(Sc2ccccc2)O[C@H](C(=O)O)[C@@H](OC(=O)c2ccccc2)[C@@H]1OC(=O)c1ccccc1. The van der Waals surface area contributed by atoms with Crippen molar-refractivity contribution < 1.29 is 38.4 Å². The summed E-state index contributed by atoms with van der Waals surface area (Å²) in [4.78, 5) is 39.3. The molecule has 1 fully saturated rings. The number of ether oxygens (including phenoxy) is 4. The molecule has 0 aliphatic carbocycles. The van der Waals surface area contributed by atoms with Gasteiger partial charge < -0.3 is 24.1 Å². The molecule has 0 saturated carbocycles. The van der Waals surface area contributed by atoms with E-state index in [1.165, 1.54) is 30.0 Å². The molecule has 196 valence electrons. The number of carbonyl (C=O) groups is 3. The largest absolute Gasteiger partial charge is 0.479 e. The molecule has 1 aliphatic heterocycles. The van der Waals surface area contributed by atoms with Crippen LogP contribution in [0.2, 0.25) is 0 Å². The molecule has 1 unspecified atom stereocenters. The molecule has 0 radical (unpaired) electrons. The van der Waals surface area contributed by atoms with Crippen LogP contribution in [-0.4, -0.2) is 59.5 Å². The summed E-state index contributed by atoms with van der Waals surface area (Å²) in [6.45, 7) is 3.73. The summed E-state index contributed by atoms with van der Waals surface area (Å²) in [6.07, 6.45) is -3.95. The topological polar surface area (TPSA) is 108 Å². The van der Waals surface area contributed by atoms with Gasteiger partial charge in [0.15, 0.2) is 18.3 Å². The van der Waals surface area contributed by atoms with Crippen molar-refractivity contribution in [3.8, 4) is 0 Å². The van der Waals surface area contributed by atoms with Crippen molar-refractivity contribution in [2.24, 2.45) is 0 Å². The molecule has 9 heteroatoms. The monoisotopic (exact) mass is 534 g/mol. The average Bonchev–Trinajstić information content (AvgIpc) is 2.95. The highest BCUT2D eigenvalue weighted by Gasteiger charge is 2.54. The molecule has 1 saturated heterocycles. The molecule has 0 aromatic heterocycles. The van der Waals surface area contributed by atoms with Gasteiger partial charge in [0, 0.05) is 4.90 Å². The van der Waals surface area contributed by atoms with E-state index in [4.69, 9.17) is 18.9 Å². The minimum Gasteiger partial charge on any atom is -0.479 e. The lowest BCUT2D eigenvalue weighted by atomic mass is 9.98. The minimum absolute atomic E-state index is 0.0519. The van der Waals surface area contributed by atoms with Crippen LogP contribution in [0.15, 0.2) is 109 Å². The normalized spacial score (nSPS) is 22.7. The summed E-state index contributed by atoms with van der Waals surface area (Å²) in [5.74, 6) is -2.89. The Labute approximate surface area is 224 Å². The van der Waals surface area contributed by atoms with Gasteiger partial charge in [0.1, 0.15) is 11.5 Å². The van der Waals surface area contributed by atoms with E-state index in [2.05, 4.69) is 6.58 Å². The number of carboxylic acid groups (broad SMARTS) is 1. The molecule has 3 aromatic rings. The highest BCUT2D eigenvalue weighted by Crippen LogP contribution is 2.38. The van der Waals surface area contributed by atoms with Gasteiger partial charge in [0.05, 0.1) is 17.7 Å². The lowest BCUT2D eigenvalue weighted by Gasteiger charge is -2.43. The fraction of sp³-hybridized carbons (Fsp3) is 0.207. The molecule has 8 nitrogen and oxygen atoms in total. The average molecular weight is 535 g/mol. The van der Waals surface area contributed by atoms with E-state index in [0.717, 1.165) is 4.90 Å². The summed E-state index contributed by atoms with van der Waals surface area (Å²) in [6, 6.07) is 25.5. The van der Waals surface area contributed by atoms with Gasteiger partial charge in [-0.2, -0.15) is 0 Å². The van der Waals surface area contributed by atoms with Crippen LogP contribution >= 0.6 is 11.8 Å². The van der Waals surface area contributed by atoms with E-state index in [-0.39, 0.29) is 17.7 Å². The molecule has 3 aromatic carbocycles. The van der Waals surface area contributed by atoms with Gasteiger partial charge in [-0.15, -0.1) is 6.58 Å². The fourth-order valence-corrected chi connectivity index (χ4v) is 5.01. The van der Waals surface area contributed by atoms with Crippen molar-refractivity contribution in [1.29, 1.82) is 0 Å². The standard InChI is InChI=1S/C29H26O8S/c1-2-18-34-25-23(36-28(33)20-14-8-4-9-15-20)22(35-27(32)19-12-6-3-7-13-19)24(26(30)31)37-29(25)38-21-16-10-5-11-17-21/h2-17,22-25,29H,1,18H2,(H,30,31)/t22-,23-,24-,25+,29?/m0/s1. The van der Waals surface area contributed by atoms with Gasteiger partial charge >= 0.3 is 17.9 Å². The molecular formula is C29H26O8S. The van der Waals surface area contributed by atoms with Crippen molar-refractivity contribution in [2.75, 3.05) is 6.61 Å². The van der Waals surface area contributed by atoms with E-state index < -0.39 is 47.8 Å². The second kappa shape index (κ2) is 13.0. The predicted octanol–water partition coefficient (Wildman–Crippen LogP) is 4.61. The Morgan fingerprint density at radius 1 is 0.789 bits per heavy atom. The molecule has 1 aliphatic rings. The van der Waals surface area contributed by atoms with E-state index >= 15 is 0 Å². The molecule has 4 rings (SSSR count). The third-order valence-corrected chi connectivity index (χ3v) is 6.80. The third-order valence-electron chi connectivity index (χ3n) is 5.65. The molecular weight excluding hydrogens is 508 g/mol. The number of esters is 2. The number of hydrogen-bond donors (Lipinski definition) is 1. The van der Waals surface area contributed by atoms with Crippen LogP contribution in [0.1, 0.15) is 20.7 Å². The van der Waals surface area contributed by atoms with Crippen LogP contribution in [0.25, 0.3) is 0 Å². The first-order chi connectivity index (χ1) is 18.5. The van der Waals surface area contributed by atoms with Crippen LogP contribution < -0.4 is 0 Å². The summed E-state index contributed by atoms with van der Waals surface area (Å²) >= 11 is 1.21. The lowest BCUT2D eigenvalue weighted by molar-refractivity contribution is -0.217. The number of aliphatic carboxylic acids is 1. The lowest BCUT2D eigenvalue weighted by Crippen LogP contribution is -2.62. The van der Waals surface area contributed by atoms with Crippen LogP contribution in [0, 0.1) is 0 Å². The second-order valence-electron chi connectivity index (χ2n) is 8.25. The Hall–Kier alpha value is -3.92. The van der Waals surface area contributed by atoms with E-state index in [1.54, 1.807) is 48.5 Å². The van der Waals surface area contributed by atoms with Crippen LogP contribution in [0.5, 0.6) is 0 Å². The first kappa shape index (κ1) is 27.1. The first-order valence-electron chi connectivity index (χ1n) is 11.8. The smallest absolute Gasteiger partial charge is 0.338 e. The van der Waals surface area contributed by atoms with Crippen LogP contribution in [0.3, 0.4) is 0 Å². The highest BCUT2D eigenvalue weighted by molar-refractivity contribution is 7.99. The fourth-order valence-electron chi connectivity index (χ4n) is 3.89. The van der Waals surface area contributed by atoms with Gasteiger partial charge in [0.25, 0.3) is 0 Å². The molecule has 1 heterocycles. The number of benzene rings is 3. The van der Waals surface area contributed by atoms with Crippen molar-refractivity contribution in [3.05, 3.63) is 115 Å². The van der Waals surface area contributed by atoms with Crippen molar-refractivity contribution >= 4 is 29.7 Å². The van der Waals surface area contributed by atoms with Gasteiger partial charge in [-0.1, -0.05) is 72.4 Å². The third kappa shape index (κ3) is 6.69. The van der Waals surface area contributed by atoms with Gasteiger partial charge in [-0.25, -0.2) is 14.4 Å². The summed E-state index contributed by atoms with van der Waals surface area (Å²) in [5.41, 5.74) is -0.471. The van der Waals surface area contributed by atoms with Crippen molar-refractivity contribution in [1.82, 2.24) is 0 Å². The molecule has 5 atom stereocenters. The van der Waals surface area contributed by atoms with E-state index in [9.17, 15) is 19.5 Å². The molecule has 0 bridgehead atoms. The molecule has 0 amide bonds. The molecule has 1 N–H and O–H groups in total. The molecule has 0 spiro atoms. The zero-order valence-corrected chi connectivity index (χ0v) is 21.1. The zero-order chi connectivity index (χ0) is 26.9. The zero-order valence-electron chi connectivity index (χ0n) is 20.3. The number of carbonyl (C=O) groups excluding carboxylic acids is 2. The highest BCUT2D eigenvalue weighted by atomic mass is 32.2. The predicted molar refractivity (Wildman–Crippen MR) is 140 cm³/mol. The number of hydrogen-bond acceptors (Lipinski definition) is 8. The second-order valence-corrected chi connectivity index (χ2v) is 9.42. The first-order valence-corrected chi connectivity index (χ1v) is 12.7. The summed E-state index contributed by atoms with van der Waals surface area (Å²) in [5, 5.41) is 10.1. The Morgan fingerprint density at radius 3 is 1.79 bits per heavy atom. The summed E-state index contributed by atoms with van der Waals surface area (Å²) < 4.78 is 23.5. The number of thioether (sulfide) groups is 1. The maximum atomic E-state index is 13.1. The number of rotatable bonds is 10. The van der Waals surface area contributed by atoms with E-state index in [0.29, 0.717) is 0 Å². The Balaban J connectivity index is 1.72.